The second kappa shape index (κ2) is 65.9. The van der Waals surface area contributed by atoms with Crippen LogP contribution in [0.15, 0.2) is 48.6 Å². The Morgan fingerprint density at radius 3 is 0.740 bits per heavy atom. The highest BCUT2D eigenvalue weighted by Crippen LogP contribution is 2.17. The van der Waals surface area contributed by atoms with Crippen LogP contribution in [0.25, 0.3) is 0 Å². The monoisotopic (exact) mass is 1080 g/mol. The maximum Gasteiger partial charge on any atom is 0.306 e. The van der Waals surface area contributed by atoms with E-state index < -0.39 is 6.10 Å². The van der Waals surface area contributed by atoms with Gasteiger partial charge in [0.25, 0.3) is 0 Å². The van der Waals surface area contributed by atoms with Crippen molar-refractivity contribution in [1.29, 1.82) is 0 Å². The Hall–Kier alpha value is -2.63. The van der Waals surface area contributed by atoms with Gasteiger partial charge in [0.15, 0.2) is 6.10 Å². The number of unbranched alkanes of at least 4 members (excludes halogenated alkanes) is 44. The highest BCUT2D eigenvalue weighted by Gasteiger charge is 2.19. The molecule has 6 heteroatoms. The van der Waals surface area contributed by atoms with Gasteiger partial charge in [-0.2, -0.15) is 0 Å². The average Bonchev–Trinajstić information content (AvgIpc) is 3.43. The van der Waals surface area contributed by atoms with Gasteiger partial charge in [0.05, 0.1) is 0 Å². The van der Waals surface area contributed by atoms with Crippen LogP contribution >= 0.6 is 0 Å². The maximum atomic E-state index is 12.9. The van der Waals surface area contributed by atoms with Gasteiger partial charge in [-0.25, -0.2) is 0 Å². The molecular weight excluding hydrogens is 949 g/mol. The number of carbonyl (C=O) groups excluding carboxylic acids is 3. The third-order valence-corrected chi connectivity index (χ3v) is 15.3. The van der Waals surface area contributed by atoms with E-state index in [4.69, 9.17) is 14.2 Å². The quantitative estimate of drug-likeness (QED) is 0.0261. The summed E-state index contributed by atoms with van der Waals surface area (Å²) in [5.41, 5.74) is 0. The summed E-state index contributed by atoms with van der Waals surface area (Å²) in [7, 11) is 0. The van der Waals surface area contributed by atoms with Gasteiger partial charge in [0, 0.05) is 19.3 Å². The zero-order valence-corrected chi connectivity index (χ0v) is 51.7. The van der Waals surface area contributed by atoms with E-state index >= 15 is 0 Å². The SMILES string of the molecule is CCCCCCC/C=C\C/C=C\C/C=C\CCCCCCCCC(=O)OC(COC(=O)CCCCCCCCCCCCCCC)COC(=O)CCCCCCCCCCCCCCC/C=C\CCCCCCCCCC. The van der Waals surface area contributed by atoms with Crippen molar-refractivity contribution in [1.82, 2.24) is 0 Å². The average molecular weight is 1080 g/mol. The lowest BCUT2D eigenvalue weighted by Gasteiger charge is -2.18. The molecule has 0 aromatic heterocycles. The predicted octanol–water partition coefficient (Wildman–Crippen LogP) is 23.3. The van der Waals surface area contributed by atoms with Crippen LogP contribution in [0.3, 0.4) is 0 Å². The molecule has 0 rings (SSSR count). The molecule has 450 valence electrons. The summed E-state index contributed by atoms with van der Waals surface area (Å²) < 4.78 is 17.0. The molecule has 0 spiro atoms. The van der Waals surface area contributed by atoms with Gasteiger partial charge < -0.3 is 14.2 Å². The van der Waals surface area contributed by atoms with Gasteiger partial charge in [-0.1, -0.05) is 313 Å². The van der Waals surface area contributed by atoms with Crippen LogP contribution in [-0.2, 0) is 28.6 Å². The van der Waals surface area contributed by atoms with Crippen molar-refractivity contribution in [3.05, 3.63) is 48.6 Å². The molecule has 1 atom stereocenters. The molecule has 0 fully saturated rings. The van der Waals surface area contributed by atoms with Crippen LogP contribution in [0.1, 0.15) is 367 Å². The minimum Gasteiger partial charge on any atom is -0.462 e. The molecule has 0 heterocycles. The topological polar surface area (TPSA) is 78.9 Å². The van der Waals surface area contributed by atoms with Crippen LogP contribution in [0, 0.1) is 0 Å². The molecule has 0 bridgehead atoms. The summed E-state index contributed by atoms with van der Waals surface area (Å²) in [6.07, 6.45) is 82.7. The van der Waals surface area contributed by atoms with E-state index in [0.717, 1.165) is 77.0 Å². The first kappa shape index (κ1) is 74.4. The van der Waals surface area contributed by atoms with E-state index in [0.29, 0.717) is 19.3 Å². The number of hydrogen-bond acceptors (Lipinski definition) is 6. The van der Waals surface area contributed by atoms with Crippen molar-refractivity contribution in [2.75, 3.05) is 13.2 Å². The second-order valence-corrected chi connectivity index (χ2v) is 23.1. The highest BCUT2D eigenvalue weighted by atomic mass is 16.6. The number of esters is 3. The number of allylic oxidation sites excluding steroid dienone is 8. The predicted molar refractivity (Wildman–Crippen MR) is 335 cm³/mol. The molecular formula is C71H130O6. The molecule has 0 N–H and O–H groups in total. The maximum absolute atomic E-state index is 12.9. The minimum atomic E-state index is -0.779. The molecule has 77 heavy (non-hydrogen) atoms. The number of ether oxygens (including phenoxy) is 3. The largest absolute Gasteiger partial charge is 0.462 e. The third kappa shape index (κ3) is 64.1. The summed E-state index contributed by atoms with van der Waals surface area (Å²) in [6, 6.07) is 0. The van der Waals surface area contributed by atoms with Crippen molar-refractivity contribution < 1.29 is 28.6 Å². The molecule has 0 aromatic carbocycles. The lowest BCUT2D eigenvalue weighted by molar-refractivity contribution is -0.167. The number of carbonyl (C=O) groups is 3. The molecule has 0 aromatic rings. The van der Waals surface area contributed by atoms with Crippen LogP contribution in [0.5, 0.6) is 0 Å². The summed E-state index contributed by atoms with van der Waals surface area (Å²) in [5, 5.41) is 0. The third-order valence-electron chi connectivity index (χ3n) is 15.3. The van der Waals surface area contributed by atoms with Gasteiger partial charge in [-0.3, -0.25) is 14.4 Å². The van der Waals surface area contributed by atoms with Gasteiger partial charge in [0.2, 0.25) is 0 Å². The fourth-order valence-corrected chi connectivity index (χ4v) is 10.2. The van der Waals surface area contributed by atoms with Gasteiger partial charge >= 0.3 is 17.9 Å². The van der Waals surface area contributed by atoms with E-state index in [1.807, 2.05) is 0 Å². The lowest BCUT2D eigenvalue weighted by atomic mass is 10.0. The van der Waals surface area contributed by atoms with Crippen molar-refractivity contribution in [2.45, 2.75) is 374 Å². The van der Waals surface area contributed by atoms with Crippen molar-refractivity contribution in [3.63, 3.8) is 0 Å². The van der Waals surface area contributed by atoms with E-state index in [-0.39, 0.29) is 31.1 Å². The minimum absolute atomic E-state index is 0.0744. The summed E-state index contributed by atoms with van der Waals surface area (Å²) >= 11 is 0. The smallest absolute Gasteiger partial charge is 0.306 e. The Morgan fingerprint density at radius 2 is 0.468 bits per heavy atom. The van der Waals surface area contributed by atoms with Crippen molar-refractivity contribution >= 4 is 17.9 Å². The summed E-state index contributed by atoms with van der Waals surface area (Å²) in [5.74, 6) is -0.864. The molecule has 6 nitrogen and oxygen atoms in total. The standard InChI is InChI=1S/C71H130O6/c1-4-7-10-13-16-19-22-25-27-29-31-33-34-35-36-38-39-41-43-46-49-52-55-58-61-64-70(73)76-67-68(66-75-69(72)63-60-57-54-51-48-45-24-21-18-15-12-9-6-3)77-71(74)65-62-59-56-53-50-47-44-42-40-37-32-30-28-26-23-20-17-14-11-8-5-2/h23,26,29-32,40,42,68H,4-22,24-25,27-28,33-39,41,43-67H2,1-3H3/b26-23-,31-29-,32-30-,42-40-. The molecule has 0 aliphatic rings. The first-order chi connectivity index (χ1) is 38.0. The molecule has 0 aliphatic carbocycles. The molecule has 0 radical (unpaired) electrons. The van der Waals surface area contributed by atoms with E-state index in [1.165, 1.54) is 250 Å². The van der Waals surface area contributed by atoms with Crippen LogP contribution in [-0.4, -0.2) is 37.2 Å². The molecule has 0 amide bonds. The zero-order chi connectivity index (χ0) is 55.7. The van der Waals surface area contributed by atoms with Crippen LogP contribution in [0.2, 0.25) is 0 Å². The zero-order valence-electron chi connectivity index (χ0n) is 51.7. The van der Waals surface area contributed by atoms with E-state index in [9.17, 15) is 14.4 Å². The van der Waals surface area contributed by atoms with Gasteiger partial charge in [-0.15, -0.1) is 0 Å². The Balaban J connectivity index is 4.28. The fraction of sp³-hybridized carbons (Fsp3) is 0.845. The normalized spacial score (nSPS) is 12.3. The Kier molecular flexibility index (Phi) is 63.6. The second-order valence-electron chi connectivity index (χ2n) is 23.1. The first-order valence-electron chi connectivity index (χ1n) is 34.1. The van der Waals surface area contributed by atoms with Gasteiger partial charge in [-0.05, 0) is 83.5 Å². The molecule has 0 saturated carbocycles. The summed E-state index contributed by atoms with van der Waals surface area (Å²) in [6.45, 7) is 6.67. The molecule has 0 saturated heterocycles. The summed E-state index contributed by atoms with van der Waals surface area (Å²) in [4.78, 5) is 38.4. The van der Waals surface area contributed by atoms with Crippen LogP contribution < -0.4 is 0 Å². The Labute approximate surface area is 479 Å². The Bertz CT molecular complexity index is 1330. The number of hydrogen-bond donors (Lipinski definition) is 0. The lowest BCUT2D eigenvalue weighted by Crippen LogP contribution is -2.30. The van der Waals surface area contributed by atoms with Crippen molar-refractivity contribution in [3.8, 4) is 0 Å². The fourth-order valence-electron chi connectivity index (χ4n) is 10.2. The van der Waals surface area contributed by atoms with Crippen LogP contribution in [0.4, 0.5) is 0 Å². The van der Waals surface area contributed by atoms with E-state index in [2.05, 4.69) is 69.4 Å². The van der Waals surface area contributed by atoms with Crippen molar-refractivity contribution in [2.24, 2.45) is 0 Å². The molecule has 0 aliphatic heterocycles. The van der Waals surface area contributed by atoms with E-state index in [1.54, 1.807) is 0 Å². The number of rotatable bonds is 63. The molecule has 1 unspecified atom stereocenters. The van der Waals surface area contributed by atoms with Gasteiger partial charge in [0.1, 0.15) is 13.2 Å². The highest BCUT2D eigenvalue weighted by molar-refractivity contribution is 5.71. The first-order valence-corrected chi connectivity index (χ1v) is 34.1. The Morgan fingerprint density at radius 1 is 0.260 bits per heavy atom.